The van der Waals surface area contributed by atoms with E-state index in [4.69, 9.17) is 15.3 Å². The van der Waals surface area contributed by atoms with Crippen molar-refractivity contribution in [3.63, 3.8) is 0 Å². The molecule has 3 nitrogen and oxygen atoms in total. The van der Waals surface area contributed by atoms with E-state index >= 15 is 0 Å². The minimum Gasteiger partial charge on any atom is -0.394 e. The molecule has 0 heterocycles. The van der Waals surface area contributed by atoms with E-state index in [2.05, 4.69) is 0 Å². The third-order valence-electron chi connectivity index (χ3n) is 0.682. The van der Waals surface area contributed by atoms with E-state index in [0.29, 0.717) is 6.42 Å². The molecule has 0 aliphatic rings. The Kier molecular flexibility index (Phi) is 17.3. The summed E-state index contributed by atoms with van der Waals surface area (Å²) >= 11 is 0. The first-order valence-corrected chi connectivity index (χ1v) is 3.90. The van der Waals surface area contributed by atoms with Crippen LogP contribution < -0.4 is 0 Å². The quantitative estimate of drug-likeness (QED) is 0.598. The molecule has 0 aromatic carbocycles. The Morgan fingerprint density at radius 3 is 1.00 bits per heavy atom. The number of hydrogen-bond acceptors (Lipinski definition) is 3. The van der Waals surface area contributed by atoms with Crippen molar-refractivity contribution in [3.8, 4) is 0 Å². The van der Waals surface area contributed by atoms with Gasteiger partial charge in [0.2, 0.25) is 0 Å². The summed E-state index contributed by atoms with van der Waals surface area (Å²) in [7, 11) is 0. The van der Waals surface area contributed by atoms with Gasteiger partial charge in [0.05, 0.1) is 12.2 Å². The molecule has 0 amide bonds. The Morgan fingerprint density at radius 1 is 0.833 bits per heavy atom. The van der Waals surface area contributed by atoms with Crippen LogP contribution in [0.15, 0.2) is 0 Å². The molecule has 4 heteroatoms. The van der Waals surface area contributed by atoms with Gasteiger partial charge in [-0.1, -0.05) is 0 Å². The van der Waals surface area contributed by atoms with E-state index in [1.165, 1.54) is 0 Å². The monoisotopic (exact) mass is 222 g/mol. The summed E-state index contributed by atoms with van der Waals surface area (Å²) in [5.41, 5.74) is 0. The van der Waals surface area contributed by atoms with Gasteiger partial charge in [-0.3, -0.25) is 0 Å². The maximum Gasteiger partial charge on any atom is 0.0536 e. The van der Waals surface area contributed by atoms with Gasteiger partial charge in [0.1, 0.15) is 0 Å². The van der Waals surface area contributed by atoms with E-state index in [0.717, 1.165) is 0 Å². The van der Waals surface area contributed by atoms with Gasteiger partial charge in [0.25, 0.3) is 0 Å². The van der Waals surface area contributed by atoms with Crippen molar-refractivity contribution in [3.05, 3.63) is 0 Å². The van der Waals surface area contributed by atoms with E-state index in [-0.39, 0.29) is 34.8 Å². The second-order valence-corrected chi connectivity index (χ2v) is 3.03. The average Bonchev–Trinajstić information content (AvgIpc) is 1.56. The zero-order valence-corrected chi connectivity index (χ0v) is 9.08. The minimum atomic E-state index is -0.375. The van der Waals surface area contributed by atoms with Gasteiger partial charge in [-0.15, -0.1) is 0 Å². The van der Waals surface area contributed by atoms with Gasteiger partial charge in [0.15, 0.2) is 0 Å². The van der Waals surface area contributed by atoms with Crippen LogP contribution in [0.4, 0.5) is 0 Å². The molecule has 0 saturated heterocycles. The number of aliphatic hydroxyl groups excluding tert-OH is 3. The molecule has 12 heavy (non-hydrogen) atoms. The van der Waals surface area contributed by atoms with Gasteiger partial charge < -0.3 is 15.3 Å². The third-order valence-corrected chi connectivity index (χ3v) is 0.682. The fourth-order valence-electron chi connectivity index (χ4n) is 0.494. The Labute approximate surface area is 84.7 Å². The first kappa shape index (κ1) is 18.2. The predicted molar refractivity (Wildman–Crippen MR) is 45.3 cm³/mol. The normalized spacial score (nSPS) is 14.0. The summed E-state index contributed by atoms with van der Waals surface area (Å²) in [6, 6.07) is 0. The molecule has 2 unspecified atom stereocenters. The molecule has 0 aromatic heterocycles. The smallest absolute Gasteiger partial charge is 0.0536 e. The molecule has 0 fully saturated rings. The maximum atomic E-state index is 8.56. The van der Waals surface area contributed by atoms with Crippen LogP contribution in [-0.2, 0) is 16.5 Å². The Balaban J connectivity index is -0.000000142. The van der Waals surface area contributed by atoms with Crippen molar-refractivity contribution in [2.75, 3.05) is 0 Å². The molecule has 80 valence electrons. The van der Waals surface area contributed by atoms with Crippen LogP contribution in [0, 0.1) is 0 Å². The van der Waals surface area contributed by atoms with Gasteiger partial charge in [0, 0.05) is 22.6 Å². The van der Waals surface area contributed by atoms with Crippen molar-refractivity contribution in [1.82, 2.24) is 0 Å². The summed E-state index contributed by atoms with van der Waals surface area (Å²) in [4.78, 5) is 0. The largest absolute Gasteiger partial charge is 0.394 e. The molecule has 2 atom stereocenters. The topological polar surface area (TPSA) is 60.7 Å². The minimum absolute atomic E-state index is 0. The van der Waals surface area contributed by atoms with Crippen LogP contribution in [0.5, 0.6) is 0 Å². The second-order valence-electron chi connectivity index (χ2n) is 3.03. The Hall–Kier alpha value is 0.374. The van der Waals surface area contributed by atoms with E-state index < -0.39 is 0 Å². The summed E-state index contributed by atoms with van der Waals surface area (Å²) in [5.74, 6) is 0. The molecule has 0 bridgehead atoms. The summed E-state index contributed by atoms with van der Waals surface area (Å²) in [6.07, 6.45) is -0.444. The third kappa shape index (κ3) is 47.7. The number of rotatable bonds is 2. The number of hydrogen-bond donors (Lipinski definition) is 3. The Bertz CT molecular complexity index is 65.9. The summed E-state index contributed by atoms with van der Waals surface area (Å²) in [6.45, 7) is 6.76. The fraction of sp³-hybridized carbons (Fsp3) is 1.00. The van der Waals surface area contributed by atoms with Gasteiger partial charge in [-0.25, -0.2) is 0 Å². The first-order valence-electron chi connectivity index (χ1n) is 3.90. The Morgan fingerprint density at radius 2 is 1.00 bits per heavy atom. The van der Waals surface area contributed by atoms with Crippen LogP contribution in [0.25, 0.3) is 0 Å². The van der Waals surface area contributed by atoms with E-state index in [1.807, 2.05) is 0 Å². The van der Waals surface area contributed by atoms with Gasteiger partial charge >= 0.3 is 0 Å². The van der Waals surface area contributed by atoms with Crippen LogP contribution in [0.3, 0.4) is 0 Å². The SMILES string of the molecule is CC(C)O.CC(O)CC(C)O.[Ni]. The molecule has 0 aliphatic carbocycles. The maximum absolute atomic E-state index is 8.56. The zero-order valence-electron chi connectivity index (χ0n) is 8.10. The standard InChI is InChI=1S/C5H12O2.C3H8O.Ni/c1-4(6)3-5(2)7;1-3(2)4;/h4-7H,3H2,1-2H3;3-4H,1-2H3;. The molecule has 0 rings (SSSR count). The molecule has 0 saturated carbocycles. The van der Waals surface area contributed by atoms with Gasteiger partial charge in [-0.05, 0) is 34.1 Å². The van der Waals surface area contributed by atoms with Crippen molar-refractivity contribution < 1.29 is 31.8 Å². The zero-order chi connectivity index (χ0) is 9.44. The van der Waals surface area contributed by atoms with Crippen molar-refractivity contribution in [2.24, 2.45) is 0 Å². The molecule has 3 N–H and O–H groups in total. The van der Waals surface area contributed by atoms with Crippen LogP contribution in [-0.4, -0.2) is 33.6 Å². The summed E-state index contributed by atoms with van der Waals surface area (Å²) in [5, 5.41) is 25.2. The second kappa shape index (κ2) is 11.4. The van der Waals surface area contributed by atoms with Gasteiger partial charge in [-0.2, -0.15) is 0 Å². The van der Waals surface area contributed by atoms with Crippen molar-refractivity contribution in [2.45, 2.75) is 52.4 Å². The van der Waals surface area contributed by atoms with E-state index in [1.54, 1.807) is 27.7 Å². The molecular formula is C8H20NiO3. The van der Waals surface area contributed by atoms with Crippen molar-refractivity contribution in [1.29, 1.82) is 0 Å². The molecule has 0 aliphatic heterocycles. The van der Waals surface area contributed by atoms with Crippen LogP contribution in [0.2, 0.25) is 0 Å². The average molecular weight is 223 g/mol. The first-order chi connectivity index (χ1) is 4.86. The molecule has 0 radical (unpaired) electrons. The van der Waals surface area contributed by atoms with Crippen LogP contribution in [0.1, 0.15) is 34.1 Å². The van der Waals surface area contributed by atoms with Crippen molar-refractivity contribution >= 4 is 0 Å². The fourth-order valence-corrected chi connectivity index (χ4v) is 0.494. The van der Waals surface area contributed by atoms with Crippen LogP contribution >= 0.6 is 0 Å². The van der Waals surface area contributed by atoms with E-state index in [9.17, 15) is 0 Å². The molecule has 0 spiro atoms. The molecular weight excluding hydrogens is 203 g/mol. The summed E-state index contributed by atoms with van der Waals surface area (Å²) < 4.78 is 0. The predicted octanol–water partition coefficient (Wildman–Crippen LogP) is 0.523. The number of aliphatic hydroxyl groups is 3. The molecule has 0 aromatic rings.